The normalized spacial score (nSPS) is 10.8. The van der Waals surface area contributed by atoms with E-state index in [9.17, 15) is 20.2 Å². The molecule has 0 spiro atoms. The van der Waals surface area contributed by atoms with Crippen molar-refractivity contribution < 1.29 is 9.85 Å². The van der Waals surface area contributed by atoms with Crippen LogP contribution >= 0.6 is 0 Å². The summed E-state index contributed by atoms with van der Waals surface area (Å²) in [5.41, 5.74) is 23.0. The molecule has 0 atom stereocenters. The van der Waals surface area contributed by atoms with Crippen molar-refractivity contribution in [2.75, 3.05) is 50.5 Å². The number of anilines is 15. The number of hydrogen-bond donors (Lipinski definition) is 0. The van der Waals surface area contributed by atoms with Crippen molar-refractivity contribution in [1.29, 1.82) is 5.26 Å². The molecule has 0 radical (unpaired) electrons. The molecule has 0 aliphatic rings. The van der Waals surface area contributed by atoms with E-state index in [0.717, 1.165) is 102 Å². The fourth-order valence-electron chi connectivity index (χ4n) is 15.0. The van der Waals surface area contributed by atoms with E-state index >= 15 is 0 Å². The number of fused-ring (bicyclic) bond motifs is 3. The Hall–Kier alpha value is -16.2. The Morgan fingerprint density at radius 3 is 0.773 bits per heavy atom. The van der Waals surface area contributed by atoms with Crippen molar-refractivity contribution in [3.8, 4) is 39.4 Å². The van der Waals surface area contributed by atoms with Crippen LogP contribution in [0.2, 0.25) is 0 Å². The van der Waals surface area contributed by atoms with E-state index in [4.69, 9.17) is 5.26 Å². The lowest BCUT2D eigenvalue weighted by Crippen LogP contribution is -2.12. The van der Waals surface area contributed by atoms with E-state index in [1.807, 2.05) is 91.6 Å². The highest BCUT2D eigenvalue weighted by atomic mass is 16.6. The zero-order valence-electron chi connectivity index (χ0n) is 65.7. The van der Waals surface area contributed by atoms with E-state index in [1.54, 1.807) is 24.3 Å². The lowest BCUT2D eigenvalue weighted by molar-refractivity contribution is -0.385. The molecule has 0 aliphatic heterocycles. The first-order valence-electron chi connectivity index (χ1n) is 39.2. The molecular formula is C106H81N9O4. The summed E-state index contributed by atoms with van der Waals surface area (Å²) < 4.78 is 0. The highest BCUT2D eigenvalue weighted by Gasteiger charge is 2.21. The minimum Gasteiger partial charge on any atom is -0.345 e. The van der Waals surface area contributed by atoms with Gasteiger partial charge in [-0.05, 0) is 254 Å². The van der Waals surface area contributed by atoms with Crippen molar-refractivity contribution in [2.45, 2.75) is 0 Å². The van der Waals surface area contributed by atoms with Gasteiger partial charge < -0.3 is 29.4 Å². The van der Waals surface area contributed by atoms with Crippen LogP contribution in [0.15, 0.2) is 437 Å². The van der Waals surface area contributed by atoms with Gasteiger partial charge in [-0.3, -0.25) is 20.2 Å². The molecule has 0 aliphatic carbocycles. The van der Waals surface area contributed by atoms with Crippen LogP contribution in [0.25, 0.3) is 65.7 Å². The molecule has 18 rings (SSSR count). The molecule has 574 valence electrons. The summed E-state index contributed by atoms with van der Waals surface area (Å²) in [5.74, 6) is 0. The molecule has 0 bridgehead atoms. The van der Waals surface area contributed by atoms with Gasteiger partial charge in [0, 0.05) is 131 Å². The Morgan fingerprint density at radius 2 is 0.454 bits per heavy atom. The fourth-order valence-corrected chi connectivity index (χ4v) is 15.0. The maximum Gasteiger partial charge on any atom is 0.271 e. The molecule has 13 heteroatoms. The summed E-state index contributed by atoms with van der Waals surface area (Å²) in [7, 11) is 5.92. The predicted octanol–water partition coefficient (Wildman–Crippen LogP) is 28.9. The highest BCUT2D eigenvalue weighted by Crippen LogP contribution is 2.44. The third-order valence-corrected chi connectivity index (χ3v) is 21.4. The van der Waals surface area contributed by atoms with E-state index in [2.05, 4.69) is 359 Å². The summed E-state index contributed by atoms with van der Waals surface area (Å²) in [6, 6.07) is 150. The molecule has 0 saturated heterocycles. The molecule has 0 fully saturated rings. The minimum absolute atomic E-state index is 0.0711. The van der Waals surface area contributed by atoms with Crippen molar-refractivity contribution in [3.05, 3.63) is 463 Å². The number of nitriles is 1. The standard InChI is InChI=1S/C36H27N3.2C35H27N3O2/c1-38(32-17-14-27(26-37)15-18-32)33-20-22-34(23-21-33)39(36-19-16-29-10-5-6-11-30(29)25-36)35-13-7-12-31(24-35)28-8-3-2-4-9-28;1-36(32-14-8-16-35(25-32)38(39)40)30-19-21-31(22-20-30)37(34-18-17-27-11-5-6-12-28(27)24-34)33-15-7-13-29(23-33)26-9-3-2-4-10-26;1-36(31-18-22-33(23-19-31)38(39)40)30-16-20-32(21-17-30)37(35-15-14-27-10-5-6-11-28(27)25-35)34-13-7-12-29(24-34)26-8-3-2-4-9-26/h2-25H,1H3;2*2-25H,1H3. The second-order valence-corrected chi connectivity index (χ2v) is 28.8. The van der Waals surface area contributed by atoms with Gasteiger partial charge in [-0.25, -0.2) is 0 Å². The number of benzene rings is 18. The molecular weight excluding hydrogens is 1460 g/mol. The molecule has 13 nitrogen and oxygen atoms in total. The zero-order chi connectivity index (χ0) is 81.6. The molecule has 0 amide bonds. The van der Waals surface area contributed by atoms with Gasteiger partial charge in [0.1, 0.15) is 0 Å². The maximum absolute atomic E-state index is 11.3. The number of nitrogens with zero attached hydrogens (tertiary/aromatic N) is 9. The number of rotatable bonds is 20. The highest BCUT2D eigenvalue weighted by molar-refractivity contribution is 5.94. The molecule has 0 N–H and O–H groups in total. The largest absolute Gasteiger partial charge is 0.345 e. The van der Waals surface area contributed by atoms with Crippen LogP contribution in [0.1, 0.15) is 5.56 Å². The Bertz CT molecular complexity index is 6630. The van der Waals surface area contributed by atoms with Crippen LogP contribution in [0.5, 0.6) is 0 Å². The molecule has 0 aromatic heterocycles. The average Bonchev–Trinajstić information content (AvgIpc) is 0.790. The minimum atomic E-state index is -0.382. The predicted molar refractivity (Wildman–Crippen MR) is 494 cm³/mol. The van der Waals surface area contributed by atoms with Gasteiger partial charge in [0.2, 0.25) is 0 Å². The Balaban J connectivity index is 0.000000133. The second-order valence-electron chi connectivity index (χ2n) is 28.8. The van der Waals surface area contributed by atoms with E-state index in [-0.39, 0.29) is 21.2 Å². The van der Waals surface area contributed by atoms with E-state index < -0.39 is 0 Å². The molecule has 18 aromatic carbocycles. The van der Waals surface area contributed by atoms with Crippen LogP contribution in [0, 0.1) is 31.6 Å². The quantitative estimate of drug-likeness (QED) is 0.0534. The van der Waals surface area contributed by atoms with Crippen molar-refractivity contribution in [1.82, 2.24) is 0 Å². The summed E-state index contributed by atoms with van der Waals surface area (Å²) in [6.07, 6.45) is 0. The number of non-ortho nitro benzene ring substituents is 2. The molecule has 119 heavy (non-hydrogen) atoms. The molecule has 0 heterocycles. The van der Waals surface area contributed by atoms with Gasteiger partial charge in [-0.15, -0.1) is 0 Å². The lowest BCUT2D eigenvalue weighted by atomic mass is 10.0. The first-order valence-corrected chi connectivity index (χ1v) is 39.2. The molecule has 0 unspecified atom stereocenters. The number of hydrogen-bond acceptors (Lipinski definition) is 11. The SMILES string of the molecule is CN(c1ccc(C#N)cc1)c1ccc(N(c2cccc(-c3ccccc3)c2)c2ccc3ccccc3c2)cc1.CN(c1ccc(N(c2cccc(-c3ccccc3)c2)c2ccc3ccccc3c2)cc1)c1ccc([N+](=O)[O-])cc1.CN(c1ccc(N(c2cccc(-c3ccccc3)c2)c2ccc3ccccc3c2)cc1)c1cccc([N+](=O)[O-])c1. The first kappa shape index (κ1) is 76.8. The second kappa shape index (κ2) is 35.5. The van der Waals surface area contributed by atoms with E-state index in [0.29, 0.717) is 5.56 Å². The van der Waals surface area contributed by atoms with Gasteiger partial charge >= 0.3 is 0 Å². The van der Waals surface area contributed by atoms with Crippen molar-refractivity contribution in [2.24, 2.45) is 0 Å². The number of nitro groups is 2. The summed E-state index contributed by atoms with van der Waals surface area (Å²) in [4.78, 5) is 34.5. The summed E-state index contributed by atoms with van der Waals surface area (Å²) in [6.45, 7) is 0. The monoisotopic (exact) mass is 1540 g/mol. The zero-order valence-corrected chi connectivity index (χ0v) is 65.7. The van der Waals surface area contributed by atoms with Gasteiger partial charge in [-0.1, -0.05) is 224 Å². The van der Waals surface area contributed by atoms with Crippen LogP contribution < -0.4 is 29.4 Å². The first-order chi connectivity index (χ1) is 58.3. The van der Waals surface area contributed by atoms with Gasteiger partial charge in [0.15, 0.2) is 0 Å². The van der Waals surface area contributed by atoms with E-state index in [1.165, 1.54) is 67.2 Å². The maximum atomic E-state index is 11.3. The molecule has 0 saturated carbocycles. The smallest absolute Gasteiger partial charge is 0.271 e. The summed E-state index contributed by atoms with van der Waals surface area (Å²) in [5, 5.41) is 38.6. The van der Waals surface area contributed by atoms with Crippen LogP contribution in [-0.2, 0) is 0 Å². The number of nitro benzene ring substituents is 2. The Kier molecular flexibility index (Phi) is 22.9. The summed E-state index contributed by atoms with van der Waals surface area (Å²) >= 11 is 0. The third kappa shape index (κ3) is 17.6. The van der Waals surface area contributed by atoms with Gasteiger partial charge in [0.05, 0.1) is 21.5 Å². The van der Waals surface area contributed by atoms with Crippen molar-refractivity contribution in [3.63, 3.8) is 0 Å². The van der Waals surface area contributed by atoms with Crippen LogP contribution in [0.3, 0.4) is 0 Å². The third-order valence-electron chi connectivity index (χ3n) is 21.4. The topological polar surface area (TPSA) is 130 Å². The molecule has 18 aromatic rings. The lowest BCUT2D eigenvalue weighted by Gasteiger charge is -2.27. The Labute approximate surface area is 692 Å². The average molecular weight is 1540 g/mol. The van der Waals surface area contributed by atoms with Gasteiger partial charge in [0.25, 0.3) is 11.4 Å². The van der Waals surface area contributed by atoms with Crippen LogP contribution in [-0.4, -0.2) is 31.0 Å². The van der Waals surface area contributed by atoms with Gasteiger partial charge in [-0.2, -0.15) is 5.26 Å². The Morgan fingerprint density at radius 1 is 0.210 bits per heavy atom. The fraction of sp³-hybridized carbons (Fsp3) is 0.0283. The van der Waals surface area contributed by atoms with Crippen molar-refractivity contribution >= 4 is 129 Å². The van der Waals surface area contributed by atoms with Crippen LogP contribution in [0.4, 0.5) is 96.7 Å².